The van der Waals surface area contributed by atoms with Crippen LogP contribution >= 0.6 is 0 Å². The summed E-state index contributed by atoms with van der Waals surface area (Å²) < 4.78 is 35.7. The number of carbonyl (C=O) groups is 1. The highest BCUT2D eigenvalue weighted by Crippen LogP contribution is 2.26. The number of halogens is 2. The fourth-order valence-electron chi connectivity index (χ4n) is 4.46. The van der Waals surface area contributed by atoms with Gasteiger partial charge in [0.15, 0.2) is 17.3 Å². The Labute approximate surface area is 216 Å². The lowest BCUT2D eigenvalue weighted by molar-refractivity contribution is -0.125. The van der Waals surface area contributed by atoms with Crippen molar-refractivity contribution < 1.29 is 18.3 Å². The molecule has 1 aromatic carbocycles. The van der Waals surface area contributed by atoms with Gasteiger partial charge in [-0.15, -0.1) is 0 Å². The maximum Gasteiger partial charge on any atom is 0.294 e. The monoisotopic (exact) mass is 521 g/mol. The Morgan fingerprint density at radius 2 is 2.11 bits per heavy atom. The highest BCUT2D eigenvalue weighted by molar-refractivity contribution is 5.87. The Kier molecular flexibility index (Phi) is 6.62. The van der Waals surface area contributed by atoms with Crippen LogP contribution < -0.4 is 15.6 Å². The minimum Gasteiger partial charge on any atom is -0.448 e. The number of nitrogens with one attached hydrogen (secondary N) is 1. The Bertz CT molecular complexity index is 1610. The summed E-state index contributed by atoms with van der Waals surface area (Å²) in [7, 11) is 1.51. The van der Waals surface area contributed by atoms with E-state index in [1.165, 1.54) is 30.0 Å². The van der Waals surface area contributed by atoms with Crippen molar-refractivity contribution >= 4 is 28.6 Å². The van der Waals surface area contributed by atoms with Crippen molar-refractivity contribution in [2.45, 2.75) is 19.9 Å². The SMILES string of the molecule is C=CC(=O)N1CCC(Cn2cc(Nc3ncc4cc(Oc5ccc(F)cc5F)c(=O)n(C)c4n3)c(C)n2)C1. The standard InChI is InChI=1S/C26H25F2N7O3/c1-4-23(36)34-8-7-16(12-34)13-35-14-20(15(2)32-35)30-26-29-11-17-9-22(25(37)33(3)24(17)31-26)38-21-6-5-18(27)10-19(21)28/h4-6,9-11,14,16H,1,7-8,12-13H2,2-3H3,(H,29,30,31). The average Bonchev–Trinajstić information content (AvgIpc) is 3.50. The van der Waals surface area contributed by atoms with Crippen LogP contribution in [-0.2, 0) is 18.4 Å². The van der Waals surface area contributed by atoms with Gasteiger partial charge in [0.2, 0.25) is 11.9 Å². The largest absolute Gasteiger partial charge is 0.448 e. The molecule has 0 spiro atoms. The number of hydrogen-bond donors (Lipinski definition) is 1. The number of pyridine rings is 1. The number of aryl methyl sites for hydroxylation is 2. The van der Waals surface area contributed by atoms with E-state index in [0.717, 1.165) is 24.2 Å². The molecular weight excluding hydrogens is 496 g/mol. The third-order valence-electron chi connectivity index (χ3n) is 6.44. The lowest BCUT2D eigenvalue weighted by Gasteiger charge is -2.14. The van der Waals surface area contributed by atoms with E-state index < -0.39 is 17.2 Å². The second-order valence-corrected chi connectivity index (χ2v) is 9.14. The van der Waals surface area contributed by atoms with Gasteiger partial charge in [-0.25, -0.2) is 13.8 Å². The molecule has 1 saturated heterocycles. The molecule has 10 nitrogen and oxygen atoms in total. The molecule has 3 aromatic heterocycles. The van der Waals surface area contributed by atoms with E-state index in [0.29, 0.717) is 42.4 Å². The summed E-state index contributed by atoms with van der Waals surface area (Å²) >= 11 is 0. The fourth-order valence-corrected chi connectivity index (χ4v) is 4.46. The number of ether oxygens (including phenoxy) is 1. The predicted molar refractivity (Wildman–Crippen MR) is 136 cm³/mol. The normalized spacial score (nSPS) is 15.2. The number of fused-ring (bicyclic) bond motifs is 1. The number of benzene rings is 1. The number of hydrogen-bond acceptors (Lipinski definition) is 7. The van der Waals surface area contributed by atoms with Crippen LogP contribution in [0, 0.1) is 24.5 Å². The topological polar surface area (TPSA) is 107 Å². The zero-order valence-electron chi connectivity index (χ0n) is 20.8. The summed E-state index contributed by atoms with van der Waals surface area (Å²) in [6, 6.07) is 4.25. The van der Waals surface area contributed by atoms with Gasteiger partial charge in [-0.1, -0.05) is 6.58 Å². The fraction of sp³-hybridized carbons (Fsp3) is 0.269. The van der Waals surface area contributed by atoms with Crippen LogP contribution in [-0.4, -0.2) is 48.2 Å². The van der Waals surface area contributed by atoms with Gasteiger partial charge in [-0.05, 0) is 43.5 Å². The Hall–Kier alpha value is -4.61. The first-order valence-corrected chi connectivity index (χ1v) is 11.9. The van der Waals surface area contributed by atoms with Gasteiger partial charge in [0, 0.05) is 50.5 Å². The van der Waals surface area contributed by atoms with Gasteiger partial charge in [0.05, 0.1) is 11.4 Å². The van der Waals surface area contributed by atoms with Crippen molar-refractivity contribution in [2.75, 3.05) is 18.4 Å². The number of aromatic nitrogens is 5. The number of anilines is 2. The molecule has 196 valence electrons. The van der Waals surface area contributed by atoms with Gasteiger partial charge in [0.25, 0.3) is 5.56 Å². The Balaban J connectivity index is 1.34. The first-order valence-electron chi connectivity index (χ1n) is 11.9. The molecule has 1 unspecified atom stereocenters. The minimum atomic E-state index is -0.922. The molecule has 1 amide bonds. The van der Waals surface area contributed by atoms with Crippen molar-refractivity contribution in [3.63, 3.8) is 0 Å². The van der Waals surface area contributed by atoms with Crippen molar-refractivity contribution in [1.82, 2.24) is 29.2 Å². The molecule has 0 aliphatic carbocycles. The Morgan fingerprint density at radius 1 is 1.29 bits per heavy atom. The number of amides is 1. The number of nitrogens with zero attached hydrogens (tertiary/aromatic N) is 6. The molecule has 5 rings (SSSR count). The number of carbonyl (C=O) groups excluding carboxylic acids is 1. The molecular formula is C26H25F2N7O3. The first-order chi connectivity index (χ1) is 18.2. The van der Waals surface area contributed by atoms with Crippen molar-refractivity contribution in [3.05, 3.63) is 77.0 Å². The zero-order valence-corrected chi connectivity index (χ0v) is 20.8. The molecule has 1 aliphatic heterocycles. The maximum absolute atomic E-state index is 14.0. The second-order valence-electron chi connectivity index (χ2n) is 9.14. The van der Waals surface area contributed by atoms with Crippen LogP contribution in [0.5, 0.6) is 11.5 Å². The van der Waals surface area contributed by atoms with Crippen molar-refractivity contribution in [1.29, 1.82) is 0 Å². The summed E-state index contributed by atoms with van der Waals surface area (Å²) in [5.74, 6) is -1.60. The van der Waals surface area contributed by atoms with E-state index in [1.807, 2.05) is 17.8 Å². The van der Waals surface area contributed by atoms with Gasteiger partial charge >= 0.3 is 0 Å². The van der Waals surface area contributed by atoms with E-state index in [4.69, 9.17) is 4.74 Å². The van der Waals surface area contributed by atoms with Gasteiger partial charge < -0.3 is 15.0 Å². The molecule has 4 aromatic rings. The maximum atomic E-state index is 14.0. The summed E-state index contributed by atoms with van der Waals surface area (Å²) in [4.78, 5) is 35.3. The van der Waals surface area contributed by atoms with E-state index in [1.54, 1.807) is 4.90 Å². The molecule has 1 atom stereocenters. The van der Waals surface area contributed by atoms with Crippen LogP contribution in [0.1, 0.15) is 12.1 Å². The summed E-state index contributed by atoms with van der Waals surface area (Å²) in [6.07, 6.45) is 5.60. The molecule has 0 bridgehead atoms. The van der Waals surface area contributed by atoms with Crippen LogP contribution in [0.25, 0.3) is 11.0 Å². The van der Waals surface area contributed by atoms with E-state index in [-0.39, 0.29) is 29.3 Å². The summed E-state index contributed by atoms with van der Waals surface area (Å²) in [5.41, 5.74) is 1.24. The molecule has 1 fully saturated rings. The summed E-state index contributed by atoms with van der Waals surface area (Å²) in [6.45, 7) is 7.43. The zero-order chi connectivity index (χ0) is 27.0. The molecule has 0 saturated carbocycles. The minimum absolute atomic E-state index is 0.0596. The van der Waals surface area contributed by atoms with E-state index in [9.17, 15) is 18.4 Å². The molecule has 12 heteroatoms. The van der Waals surface area contributed by atoms with Crippen molar-refractivity contribution in [3.8, 4) is 11.5 Å². The molecule has 1 N–H and O–H groups in total. The van der Waals surface area contributed by atoms with Crippen LogP contribution in [0.4, 0.5) is 20.4 Å². The van der Waals surface area contributed by atoms with E-state index >= 15 is 0 Å². The third kappa shape index (κ3) is 4.97. The third-order valence-corrected chi connectivity index (χ3v) is 6.44. The van der Waals surface area contributed by atoms with Crippen LogP contribution in [0.15, 0.2) is 54.1 Å². The highest BCUT2D eigenvalue weighted by atomic mass is 19.1. The van der Waals surface area contributed by atoms with Crippen LogP contribution in [0.3, 0.4) is 0 Å². The molecule has 4 heterocycles. The average molecular weight is 522 g/mol. The van der Waals surface area contributed by atoms with Gasteiger partial charge in [0.1, 0.15) is 11.5 Å². The quantitative estimate of drug-likeness (QED) is 0.370. The lowest BCUT2D eigenvalue weighted by atomic mass is 10.1. The first kappa shape index (κ1) is 25.1. The molecule has 38 heavy (non-hydrogen) atoms. The van der Waals surface area contributed by atoms with E-state index in [2.05, 4.69) is 27.0 Å². The predicted octanol–water partition coefficient (Wildman–Crippen LogP) is 3.68. The molecule has 1 aliphatic rings. The Morgan fingerprint density at radius 3 is 2.87 bits per heavy atom. The smallest absolute Gasteiger partial charge is 0.294 e. The van der Waals surface area contributed by atoms with Gasteiger partial charge in [-0.2, -0.15) is 10.1 Å². The van der Waals surface area contributed by atoms with Crippen molar-refractivity contribution in [2.24, 2.45) is 13.0 Å². The molecule has 0 radical (unpaired) electrons. The lowest BCUT2D eigenvalue weighted by Crippen LogP contribution is -2.27. The highest BCUT2D eigenvalue weighted by Gasteiger charge is 2.25. The summed E-state index contributed by atoms with van der Waals surface area (Å²) in [5, 5.41) is 8.20. The number of likely N-dealkylation sites (tertiary alicyclic amines) is 1. The number of rotatable bonds is 7. The van der Waals surface area contributed by atoms with Crippen LogP contribution in [0.2, 0.25) is 0 Å². The second kappa shape index (κ2) is 10.0. The van der Waals surface area contributed by atoms with Gasteiger partial charge in [-0.3, -0.25) is 18.8 Å².